The summed E-state index contributed by atoms with van der Waals surface area (Å²) in [6.07, 6.45) is 8.82. The van der Waals surface area contributed by atoms with Gasteiger partial charge in [-0.3, -0.25) is 14.3 Å². The number of hydrogen-bond acceptors (Lipinski definition) is 10. The molecule has 1 aliphatic rings. The Labute approximate surface area is 217 Å². The second kappa shape index (κ2) is 11.9. The van der Waals surface area contributed by atoms with Crippen molar-refractivity contribution in [2.45, 2.75) is 18.2 Å². The van der Waals surface area contributed by atoms with Crippen LogP contribution in [0.1, 0.15) is 18.9 Å². The minimum atomic E-state index is -4.22. The predicted molar refractivity (Wildman–Crippen MR) is 140 cm³/mol. The molecule has 1 aromatic carbocycles. The summed E-state index contributed by atoms with van der Waals surface area (Å²) in [7, 11) is -7.95. The number of aromatic nitrogens is 1. The smallest absolute Gasteiger partial charge is 0.272 e. The lowest BCUT2D eigenvalue weighted by atomic mass is 10.1. The number of benzene rings is 1. The van der Waals surface area contributed by atoms with Gasteiger partial charge in [0.25, 0.3) is 15.8 Å². The highest BCUT2D eigenvalue weighted by Crippen LogP contribution is 2.36. The Bertz CT molecular complexity index is 1370. The third-order valence-corrected chi connectivity index (χ3v) is 8.23. The maximum Gasteiger partial charge on any atom is 0.272 e. The molecular weight excluding hydrogens is 522 g/mol. The van der Waals surface area contributed by atoms with Crippen LogP contribution in [0.2, 0.25) is 0 Å². The lowest BCUT2D eigenvalue weighted by Crippen LogP contribution is -2.49. The number of anilines is 2. The van der Waals surface area contributed by atoms with Crippen LogP contribution in [0, 0.1) is 22.5 Å². The van der Waals surface area contributed by atoms with Gasteiger partial charge in [-0.25, -0.2) is 13.4 Å². The van der Waals surface area contributed by atoms with Crippen LogP contribution in [0.25, 0.3) is 0 Å². The number of piperazine rings is 1. The van der Waals surface area contributed by atoms with Crippen molar-refractivity contribution in [3.8, 4) is 12.3 Å². The molecule has 0 amide bonds. The first kappa shape index (κ1) is 28.3. The Morgan fingerprint density at radius 2 is 1.86 bits per heavy atom. The molecule has 2 aromatic rings. The van der Waals surface area contributed by atoms with E-state index in [9.17, 15) is 26.9 Å². The van der Waals surface area contributed by atoms with Crippen molar-refractivity contribution >= 4 is 37.3 Å². The molecule has 0 bridgehead atoms. The molecule has 200 valence electrons. The minimum absolute atomic E-state index is 0.00335. The SMILES string of the molecule is C#Cc1cc([N+](=O)[O-])cc(S(=O)(=O)N2CCN(c3ccccn3)CC2)c1N(CCC)CCOS(C)(=O)=O. The summed E-state index contributed by atoms with van der Waals surface area (Å²) in [5, 5.41) is 11.6. The van der Waals surface area contributed by atoms with E-state index in [0.29, 0.717) is 26.1 Å². The Morgan fingerprint density at radius 3 is 2.41 bits per heavy atom. The molecule has 0 unspecified atom stereocenters. The standard InChI is InChI=1S/C23H29N5O7S2/c1-4-10-26(15-16-35-36(3,31)32)23-19(5-2)17-20(28(29)30)18-21(23)37(33,34)27-13-11-25(12-14-27)22-8-6-7-9-24-22/h2,6-9,17-18H,4,10-16H2,1,3H3. The van der Waals surface area contributed by atoms with Gasteiger partial charge in [-0.15, -0.1) is 6.42 Å². The molecule has 1 aliphatic heterocycles. The molecule has 3 rings (SSSR count). The van der Waals surface area contributed by atoms with Gasteiger partial charge in [0.05, 0.1) is 29.0 Å². The van der Waals surface area contributed by atoms with E-state index in [2.05, 4.69) is 10.9 Å². The van der Waals surface area contributed by atoms with E-state index in [1.54, 1.807) is 17.2 Å². The largest absolute Gasteiger partial charge is 0.367 e. The summed E-state index contributed by atoms with van der Waals surface area (Å²) in [5.41, 5.74) is -0.321. The predicted octanol–water partition coefficient (Wildman–Crippen LogP) is 1.67. The fraction of sp³-hybridized carbons (Fsp3) is 0.435. The molecule has 12 nitrogen and oxygen atoms in total. The first-order chi connectivity index (χ1) is 17.5. The Morgan fingerprint density at radius 1 is 1.16 bits per heavy atom. The summed E-state index contributed by atoms with van der Waals surface area (Å²) in [4.78, 5) is 18.5. The van der Waals surface area contributed by atoms with Gasteiger partial charge >= 0.3 is 0 Å². The van der Waals surface area contributed by atoms with E-state index in [0.717, 1.165) is 24.2 Å². The normalized spacial score (nSPS) is 14.8. The van der Waals surface area contributed by atoms with E-state index in [1.165, 1.54) is 4.31 Å². The van der Waals surface area contributed by atoms with Gasteiger partial charge in [0, 0.05) is 57.6 Å². The molecule has 1 aromatic heterocycles. The van der Waals surface area contributed by atoms with Crippen LogP contribution < -0.4 is 9.80 Å². The number of nitro benzene ring substituents is 1. The molecule has 2 heterocycles. The van der Waals surface area contributed by atoms with Crippen molar-refractivity contribution in [1.29, 1.82) is 0 Å². The lowest BCUT2D eigenvalue weighted by molar-refractivity contribution is -0.385. The van der Waals surface area contributed by atoms with Crippen molar-refractivity contribution in [3.63, 3.8) is 0 Å². The van der Waals surface area contributed by atoms with Gasteiger partial charge in [0.2, 0.25) is 10.0 Å². The third kappa shape index (κ3) is 6.95. The second-order valence-electron chi connectivity index (χ2n) is 8.33. The van der Waals surface area contributed by atoms with Crippen LogP contribution >= 0.6 is 0 Å². The van der Waals surface area contributed by atoms with Crippen molar-refractivity contribution in [2.24, 2.45) is 0 Å². The molecular formula is C23H29N5O7S2. The summed E-state index contributed by atoms with van der Waals surface area (Å²) in [6, 6.07) is 7.63. The van der Waals surface area contributed by atoms with Crippen LogP contribution in [-0.2, 0) is 24.3 Å². The van der Waals surface area contributed by atoms with Gasteiger partial charge in [0.1, 0.15) is 10.7 Å². The fourth-order valence-corrected chi connectivity index (χ4v) is 6.13. The van der Waals surface area contributed by atoms with Crippen LogP contribution in [0.3, 0.4) is 0 Å². The first-order valence-electron chi connectivity index (χ1n) is 11.5. The van der Waals surface area contributed by atoms with E-state index < -0.39 is 30.8 Å². The van der Waals surface area contributed by atoms with E-state index in [1.807, 2.05) is 24.0 Å². The zero-order valence-electron chi connectivity index (χ0n) is 20.6. The average Bonchev–Trinajstić information content (AvgIpc) is 2.87. The van der Waals surface area contributed by atoms with Gasteiger partial charge in [-0.2, -0.15) is 12.7 Å². The topological polar surface area (TPSA) is 143 Å². The van der Waals surface area contributed by atoms with Crippen LogP contribution in [0.5, 0.6) is 0 Å². The van der Waals surface area contributed by atoms with E-state index in [4.69, 9.17) is 10.6 Å². The molecule has 1 saturated heterocycles. The van der Waals surface area contributed by atoms with Crippen molar-refractivity contribution in [1.82, 2.24) is 9.29 Å². The molecule has 37 heavy (non-hydrogen) atoms. The molecule has 14 heteroatoms. The van der Waals surface area contributed by atoms with E-state index >= 15 is 0 Å². The number of non-ortho nitro benzene ring substituents is 1. The van der Waals surface area contributed by atoms with Crippen LogP contribution in [0.4, 0.5) is 17.2 Å². The summed E-state index contributed by atoms with van der Waals surface area (Å²) < 4.78 is 56.8. The maximum atomic E-state index is 13.9. The molecule has 0 N–H and O–H groups in total. The molecule has 0 saturated carbocycles. The summed E-state index contributed by atoms with van der Waals surface area (Å²) >= 11 is 0. The summed E-state index contributed by atoms with van der Waals surface area (Å²) in [6.45, 7) is 2.96. The molecule has 0 aliphatic carbocycles. The van der Waals surface area contributed by atoms with Crippen LogP contribution in [0.15, 0.2) is 41.4 Å². The van der Waals surface area contributed by atoms with Crippen molar-refractivity contribution in [3.05, 3.63) is 52.2 Å². The van der Waals surface area contributed by atoms with Gasteiger partial charge in [-0.05, 0) is 18.6 Å². The van der Waals surface area contributed by atoms with Gasteiger partial charge in [-0.1, -0.05) is 18.9 Å². The minimum Gasteiger partial charge on any atom is -0.367 e. The molecule has 0 atom stereocenters. The first-order valence-corrected chi connectivity index (χ1v) is 14.8. The number of rotatable bonds is 11. The average molecular weight is 552 g/mol. The molecule has 0 spiro atoms. The van der Waals surface area contributed by atoms with E-state index in [-0.39, 0.29) is 42.4 Å². The monoisotopic (exact) mass is 551 g/mol. The van der Waals surface area contributed by atoms with Crippen molar-refractivity contribution in [2.75, 3.05) is 61.9 Å². The number of pyridine rings is 1. The number of nitro groups is 1. The highest BCUT2D eigenvalue weighted by molar-refractivity contribution is 7.89. The van der Waals surface area contributed by atoms with Crippen molar-refractivity contribution < 1.29 is 25.9 Å². The number of hydrogen-bond donors (Lipinski definition) is 0. The Balaban J connectivity index is 2.02. The third-order valence-electron chi connectivity index (χ3n) is 5.72. The quantitative estimate of drug-likeness (QED) is 0.175. The van der Waals surface area contributed by atoms with Gasteiger partial charge in [0.15, 0.2) is 0 Å². The zero-order chi connectivity index (χ0) is 27.2. The Kier molecular flexibility index (Phi) is 9.08. The maximum absolute atomic E-state index is 13.9. The number of terminal acetylenes is 1. The Hall–Kier alpha value is -3.25. The number of sulfonamides is 1. The second-order valence-corrected chi connectivity index (χ2v) is 11.9. The molecule has 1 fully saturated rings. The molecule has 0 radical (unpaired) electrons. The van der Waals surface area contributed by atoms with Gasteiger partial charge < -0.3 is 9.80 Å². The number of nitrogens with zero attached hydrogens (tertiary/aromatic N) is 5. The van der Waals surface area contributed by atoms with Crippen LogP contribution in [-0.4, -0.2) is 83.2 Å². The summed E-state index contributed by atoms with van der Waals surface area (Å²) in [5.74, 6) is 3.10. The fourth-order valence-electron chi connectivity index (χ4n) is 4.07. The highest BCUT2D eigenvalue weighted by atomic mass is 32.2. The zero-order valence-corrected chi connectivity index (χ0v) is 22.2. The lowest BCUT2D eigenvalue weighted by Gasteiger charge is -2.35. The highest BCUT2D eigenvalue weighted by Gasteiger charge is 2.34.